The second kappa shape index (κ2) is 15.6. The van der Waals surface area contributed by atoms with E-state index in [0.29, 0.717) is 13.2 Å². The molecule has 1 N–H and O–H groups in total. The van der Waals surface area contributed by atoms with Crippen LogP contribution in [0.15, 0.2) is 24.3 Å². The van der Waals surface area contributed by atoms with E-state index in [9.17, 15) is 3.08 Å². The van der Waals surface area contributed by atoms with E-state index in [2.05, 4.69) is 26.8 Å². The van der Waals surface area contributed by atoms with E-state index < -0.39 is 19.7 Å². The molecule has 22 heavy (non-hydrogen) atoms. The van der Waals surface area contributed by atoms with Crippen molar-refractivity contribution in [3.63, 3.8) is 0 Å². The van der Waals surface area contributed by atoms with Crippen LogP contribution in [0.1, 0.15) is 50.7 Å². The van der Waals surface area contributed by atoms with Gasteiger partial charge < -0.3 is 9.84 Å². The van der Waals surface area contributed by atoms with Crippen LogP contribution in [-0.4, -0.2) is 38.1 Å². The molecule has 0 aliphatic rings. The predicted molar refractivity (Wildman–Crippen MR) is 93.8 cm³/mol. The third kappa shape index (κ3) is 12.3. The quantitative estimate of drug-likeness (QED) is 0.452. The number of aliphatic hydroxyl groups is 1. The van der Waals surface area contributed by atoms with Crippen LogP contribution >= 0.6 is 0 Å². The first-order valence-electron chi connectivity index (χ1n) is 8.40. The van der Waals surface area contributed by atoms with Crippen LogP contribution in [0.3, 0.4) is 0 Å². The molecule has 1 aromatic rings. The van der Waals surface area contributed by atoms with Gasteiger partial charge in [0.25, 0.3) is 0 Å². The SMILES string of the molecule is CCC[CH2][Sn](=[O])[CH2]CCC.Cc1ccccc1COCCO. The monoisotopic (exact) mass is 416 g/mol. The Balaban J connectivity index is 0.000000409. The summed E-state index contributed by atoms with van der Waals surface area (Å²) in [5.74, 6) is 0. The first kappa shape index (κ1) is 21.7. The van der Waals surface area contributed by atoms with E-state index in [4.69, 9.17) is 9.84 Å². The van der Waals surface area contributed by atoms with Crippen molar-refractivity contribution in [2.24, 2.45) is 0 Å². The van der Waals surface area contributed by atoms with Gasteiger partial charge in [-0.15, -0.1) is 0 Å². The maximum Gasteiger partial charge on any atom is 0.0720 e. The fourth-order valence-electron chi connectivity index (χ4n) is 1.89. The van der Waals surface area contributed by atoms with Gasteiger partial charge in [0.15, 0.2) is 0 Å². The van der Waals surface area contributed by atoms with Gasteiger partial charge in [-0.2, -0.15) is 0 Å². The van der Waals surface area contributed by atoms with Crippen LogP contribution in [0, 0.1) is 6.92 Å². The van der Waals surface area contributed by atoms with Crippen molar-refractivity contribution in [1.82, 2.24) is 0 Å². The van der Waals surface area contributed by atoms with Gasteiger partial charge in [0, 0.05) is 0 Å². The molecule has 0 saturated heterocycles. The van der Waals surface area contributed by atoms with Crippen molar-refractivity contribution >= 4 is 19.7 Å². The van der Waals surface area contributed by atoms with E-state index >= 15 is 0 Å². The van der Waals surface area contributed by atoms with Gasteiger partial charge in [-0.3, -0.25) is 0 Å². The molecule has 0 aliphatic carbocycles. The predicted octanol–water partition coefficient (Wildman–Crippen LogP) is 4.51. The molecule has 0 saturated carbocycles. The number of hydrogen-bond acceptors (Lipinski definition) is 3. The molecular formula is C18H32O3Sn. The Kier molecular flexibility index (Phi) is 15.4. The summed E-state index contributed by atoms with van der Waals surface area (Å²) >= 11 is -1.99. The van der Waals surface area contributed by atoms with Crippen molar-refractivity contribution < 1.29 is 12.9 Å². The van der Waals surface area contributed by atoms with Gasteiger partial charge in [-0.25, -0.2) is 0 Å². The Morgan fingerprint density at radius 2 is 1.68 bits per heavy atom. The van der Waals surface area contributed by atoms with Crippen LogP contribution in [-0.2, 0) is 14.4 Å². The van der Waals surface area contributed by atoms with Gasteiger partial charge in [0.1, 0.15) is 0 Å². The van der Waals surface area contributed by atoms with Crippen LogP contribution < -0.4 is 0 Å². The fraction of sp³-hybridized carbons (Fsp3) is 0.667. The molecule has 0 heterocycles. The largest absolute Gasteiger partial charge is 0.394 e. The molecule has 0 aliphatic heterocycles. The van der Waals surface area contributed by atoms with Gasteiger partial charge >= 0.3 is 71.2 Å². The van der Waals surface area contributed by atoms with Crippen molar-refractivity contribution in [1.29, 1.82) is 0 Å². The minimum Gasteiger partial charge on any atom is -0.394 e. The van der Waals surface area contributed by atoms with E-state index in [1.54, 1.807) is 0 Å². The van der Waals surface area contributed by atoms with Crippen molar-refractivity contribution in [2.45, 2.75) is 61.9 Å². The zero-order valence-electron chi connectivity index (χ0n) is 14.4. The van der Waals surface area contributed by atoms with Crippen LogP contribution in [0.25, 0.3) is 0 Å². The number of rotatable bonds is 10. The molecular weight excluding hydrogens is 383 g/mol. The normalized spacial score (nSPS) is 10.0. The zero-order chi connectivity index (χ0) is 16.6. The summed E-state index contributed by atoms with van der Waals surface area (Å²) in [7, 11) is 0. The second-order valence-electron chi connectivity index (χ2n) is 5.45. The maximum atomic E-state index is 11.2. The van der Waals surface area contributed by atoms with Crippen LogP contribution in [0.5, 0.6) is 0 Å². The molecule has 4 heteroatoms. The van der Waals surface area contributed by atoms with Crippen molar-refractivity contribution in [2.75, 3.05) is 13.2 Å². The molecule has 0 amide bonds. The number of hydrogen-bond donors (Lipinski definition) is 1. The Morgan fingerprint density at radius 3 is 2.18 bits per heavy atom. The molecule has 3 nitrogen and oxygen atoms in total. The molecule has 0 unspecified atom stereocenters. The van der Waals surface area contributed by atoms with Crippen LogP contribution in [0.4, 0.5) is 0 Å². The molecule has 1 rings (SSSR count). The van der Waals surface area contributed by atoms with E-state index in [-0.39, 0.29) is 6.61 Å². The van der Waals surface area contributed by atoms with Crippen molar-refractivity contribution in [3.05, 3.63) is 35.4 Å². The zero-order valence-corrected chi connectivity index (χ0v) is 17.3. The smallest absolute Gasteiger partial charge is 0.0720 e. The summed E-state index contributed by atoms with van der Waals surface area (Å²) in [5, 5.41) is 8.49. The molecule has 0 fully saturated rings. The molecule has 0 radical (unpaired) electrons. The summed E-state index contributed by atoms with van der Waals surface area (Å²) in [6, 6.07) is 8.08. The summed E-state index contributed by atoms with van der Waals surface area (Å²) in [5.41, 5.74) is 2.42. The van der Waals surface area contributed by atoms with E-state index in [1.807, 2.05) is 18.2 Å². The van der Waals surface area contributed by atoms with E-state index in [1.165, 1.54) is 36.8 Å². The number of aryl methyl sites for hydroxylation is 1. The average Bonchev–Trinajstić information content (AvgIpc) is 2.53. The number of ether oxygens (including phenoxy) is 1. The van der Waals surface area contributed by atoms with Crippen molar-refractivity contribution in [3.8, 4) is 0 Å². The molecule has 0 atom stereocenters. The molecule has 0 spiro atoms. The first-order valence-corrected chi connectivity index (χ1v) is 13.6. The molecule has 126 valence electrons. The minimum atomic E-state index is -1.99. The van der Waals surface area contributed by atoms with Gasteiger partial charge in [-0.1, -0.05) is 24.3 Å². The Labute approximate surface area is 143 Å². The molecule has 1 aromatic carbocycles. The summed E-state index contributed by atoms with van der Waals surface area (Å²) in [6.07, 6.45) is 4.81. The average molecular weight is 415 g/mol. The molecule has 0 bridgehead atoms. The van der Waals surface area contributed by atoms with Crippen LogP contribution in [0.2, 0.25) is 8.87 Å². The Hall–Kier alpha value is -0.261. The molecule has 0 aromatic heterocycles. The van der Waals surface area contributed by atoms with Gasteiger partial charge in [0.2, 0.25) is 0 Å². The minimum absolute atomic E-state index is 0.0892. The second-order valence-corrected chi connectivity index (χ2v) is 11.4. The first-order chi connectivity index (χ1) is 10.7. The summed E-state index contributed by atoms with van der Waals surface area (Å²) in [4.78, 5) is 0. The number of unbranched alkanes of at least 4 members (excludes halogenated alkanes) is 2. The van der Waals surface area contributed by atoms with E-state index in [0.717, 1.165) is 8.87 Å². The maximum absolute atomic E-state index is 11.2. The fourth-order valence-corrected chi connectivity index (χ4v) is 6.87. The number of benzene rings is 1. The van der Waals surface area contributed by atoms with Gasteiger partial charge in [-0.05, 0) is 18.1 Å². The topological polar surface area (TPSA) is 46.5 Å². The van der Waals surface area contributed by atoms with Gasteiger partial charge in [0.05, 0.1) is 19.8 Å². The summed E-state index contributed by atoms with van der Waals surface area (Å²) < 4.78 is 18.6. The third-order valence-corrected chi connectivity index (χ3v) is 8.57. The number of aliphatic hydroxyl groups excluding tert-OH is 1. The standard InChI is InChI=1S/C10H14O2.2C4H9.O.Sn/c1-9-4-2-3-5-10(9)8-12-7-6-11;2*1-3-4-2;;/h2-5,11H,6-8H2,1H3;2*1,3-4H2,2H3;;. The Morgan fingerprint density at radius 1 is 1.09 bits per heavy atom. The Bertz CT molecular complexity index is 384. The third-order valence-electron chi connectivity index (χ3n) is 3.37. The summed E-state index contributed by atoms with van der Waals surface area (Å²) in [6.45, 7) is 7.47.